The van der Waals surface area contributed by atoms with Crippen molar-refractivity contribution >= 4 is 5.91 Å². The van der Waals surface area contributed by atoms with Crippen LogP contribution >= 0.6 is 0 Å². The van der Waals surface area contributed by atoms with Crippen LogP contribution in [0.15, 0.2) is 42.5 Å². The third-order valence-corrected chi connectivity index (χ3v) is 3.59. The molecule has 24 heavy (non-hydrogen) atoms. The Morgan fingerprint density at radius 3 is 2.67 bits per heavy atom. The Kier molecular flexibility index (Phi) is 6.61. The molecule has 128 valence electrons. The molecule has 2 aromatic carbocycles. The first-order valence-corrected chi connectivity index (χ1v) is 7.98. The normalized spacial score (nSPS) is 10.3. The van der Waals surface area contributed by atoms with Crippen molar-refractivity contribution in [3.8, 4) is 11.5 Å². The molecule has 1 amide bonds. The Balaban J connectivity index is 1.84. The largest absolute Gasteiger partial charge is 0.494 e. The standard InChI is InChI=1S/C19H22FNO3/c1-3-24-17-9-5-4-7-14(17)8-6-12-21-19(22)15-10-11-18(23-2)16(20)13-15/h4-5,7,9-11,13H,3,6,8,12H2,1-2H3,(H,21,22). The van der Waals surface area contributed by atoms with E-state index in [9.17, 15) is 9.18 Å². The molecule has 4 nitrogen and oxygen atoms in total. The maximum absolute atomic E-state index is 13.6. The molecular formula is C19H22FNO3. The number of ether oxygens (including phenoxy) is 2. The molecule has 5 heteroatoms. The molecule has 2 rings (SSSR count). The Labute approximate surface area is 141 Å². The van der Waals surface area contributed by atoms with Gasteiger partial charge >= 0.3 is 0 Å². The number of benzene rings is 2. The molecule has 0 atom stereocenters. The molecule has 0 aliphatic rings. The van der Waals surface area contributed by atoms with Gasteiger partial charge in [-0.2, -0.15) is 0 Å². The molecule has 0 saturated carbocycles. The highest BCUT2D eigenvalue weighted by molar-refractivity contribution is 5.94. The summed E-state index contributed by atoms with van der Waals surface area (Å²) >= 11 is 0. The average Bonchev–Trinajstić information content (AvgIpc) is 2.60. The Morgan fingerprint density at radius 2 is 1.96 bits per heavy atom. The van der Waals surface area contributed by atoms with Crippen molar-refractivity contribution in [2.45, 2.75) is 19.8 Å². The van der Waals surface area contributed by atoms with Crippen LogP contribution < -0.4 is 14.8 Å². The predicted molar refractivity (Wildman–Crippen MR) is 91.2 cm³/mol. The Bertz CT molecular complexity index is 688. The first-order chi connectivity index (χ1) is 11.7. The minimum atomic E-state index is -0.546. The van der Waals surface area contributed by atoms with E-state index in [-0.39, 0.29) is 17.2 Å². The predicted octanol–water partition coefficient (Wildman–Crippen LogP) is 3.60. The first kappa shape index (κ1) is 17.8. The monoisotopic (exact) mass is 331 g/mol. The van der Waals surface area contributed by atoms with Crippen LogP contribution in [0, 0.1) is 5.82 Å². The van der Waals surface area contributed by atoms with Gasteiger partial charge in [-0.3, -0.25) is 4.79 Å². The first-order valence-electron chi connectivity index (χ1n) is 7.98. The van der Waals surface area contributed by atoms with Crippen LogP contribution in [-0.4, -0.2) is 26.2 Å². The lowest BCUT2D eigenvalue weighted by atomic mass is 10.1. The van der Waals surface area contributed by atoms with Crippen LogP contribution in [0.4, 0.5) is 4.39 Å². The van der Waals surface area contributed by atoms with Crippen LogP contribution in [0.5, 0.6) is 11.5 Å². The second-order valence-electron chi connectivity index (χ2n) is 5.25. The van der Waals surface area contributed by atoms with E-state index in [0.29, 0.717) is 13.2 Å². The van der Waals surface area contributed by atoms with Gasteiger partial charge in [-0.05, 0) is 49.6 Å². The number of halogens is 1. The van der Waals surface area contributed by atoms with Crippen molar-refractivity contribution in [3.05, 3.63) is 59.4 Å². The van der Waals surface area contributed by atoms with Gasteiger partial charge in [-0.15, -0.1) is 0 Å². The molecule has 0 unspecified atom stereocenters. The van der Waals surface area contributed by atoms with Crippen molar-refractivity contribution < 1.29 is 18.7 Å². The quantitative estimate of drug-likeness (QED) is 0.752. The molecule has 2 aromatic rings. The summed E-state index contributed by atoms with van der Waals surface area (Å²) in [6, 6.07) is 12.0. The number of nitrogens with one attached hydrogen (secondary N) is 1. The number of hydrogen-bond acceptors (Lipinski definition) is 3. The van der Waals surface area contributed by atoms with Gasteiger partial charge in [0, 0.05) is 12.1 Å². The van der Waals surface area contributed by atoms with Gasteiger partial charge in [0.25, 0.3) is 5.91 Å². The summed E-state index contributed by atoms with van der Waals surface area (Å²) in [6.07, 6.45) is 1.57. The number of rotatable bonds is 8. The molecule has 0 aliphatic carbocycles. The van der Waals surface area contributed by atoms with Gasteiger partial charge in [0.05, 0.1) is 13.7 Å². The van der Waals surface area contributed by atoms with E-state index in [2.05, 4.69) is 5.32 Å². The molecule has 1 N–H and O–H groups in total. The molecule has 0 radical (unpaired) electrons. The van der Waals surface area contributed by atoms with E-state index in [1.807, 2.05) is 31.2 Å². The van der Waals surface area contributed by atoms with Crippen molar-refractivity contribution in [1.29, 1.82) is 0 Å². The lowest BCUT2D eigenvalue weighted by molar-refractivity contribution is 0.0952. The highest BCUT2D eigenvalue weighted by Crippen LogP contribution is 2.19. The number of methoxy groups -OCH3 is 1. The maximum Gasteiger partial charge on any atom is 0.251 e. The molecule has 0 aromatic heterocycles. The zero-order valence-electron chi connectivity index (χ0n) is 14.0. The van der Waals surface area contributed by atoms with E-state index in [1.165, 1.54) is 19.2 Å². The van der Waals surface area contributed by atoms with Crippen LogP contribution in [0.1, 0.15) is 29.3 Å². The lowest BCUT2D eigenvalue weighted by Crippen LogP contribution is -2.24. The molecule has 0 bridgehead atoms. The molecule has 0 fully saturated rings. The van der Waals surface area contributed by atoms with Gasteiger partial charge in [0.1, 0.15) is 5.75 Å². The van der Waals surface area contributed by atoms with Crippen LogP contribution in [0.25, 0.3) is 0 Å². The lowest BCUT2D eigenvalue weighted by Gasteiger charge is -2.10. The third kappa shape index (κ3) is 4.72. The summed E-state index contributed by atoms with van der Waals surface area (Å²) in [7, 11) is 1.39. The molecule has 0 aliphatic heterocycles. The van der Waals surface area contributed by atoms with E-state index in [1.54, 1.807) is 6.07 Å². The highest BCUT2D eigenvalue weighted by atomic mass is 19.1. The topological polar surface area (TPSA) is 47.6 Å². The van der Waals surface area contributed by atoms with E-state index in [4.69, 9.17) is 9.47 Å². The highest BCUT2D eigenvalue weighted by Gasteiger charge is 2.10. The van der Waals surface area contributed by atoms with Crippen molar-refractivity contribution in [3.63, 3.8) is 0 Å². The van der Waals surface area contributed by atoms with Gasteiger partial charge in [0.15, 0.2) is 11.6 Å². The maximum atomic E-state index is 13.6. The Morgan fingerprint density at radius 1 is 1.17 bits per heavy atom. The van der Waals surface area contributed by atoms with E-state index < -0.39 is 5.82 Å². The minimum Gasteiger partial charge on any atom is -0.494 e. The van der Waals surface area contributed by atoms with Gasteiger partial charge in [0.2, 0.25) is 0 Å². The molecule has 0 saturated heterocycles. The molecule has 0 spiro atoms. The number of amides is 1. The summed E-state index contributed by atoms with van der Waals surface area (Å²) in [5.41, 5.74) is 1.40. The van der Waals surface area contributed by atoms with Gasteiger partial charge in [-0.1, -0.05) is 18.2 Å². The second kappa shape index (κ2) is 8.91. The number of para-hydroxylation sites is 1. The molecular weight excluding hydrogens is 309 g/mol. The number of aryl methyl sites for hydroxylation is 1. The number of carbonyl (C=O) groups is 1. The Hall–Kier alpha value is -2.56. The second-order valence-corrected chi connectivity index (χ2v) is 5.25. The van der Waals surface area contributed by atoms with Crippen molar-refractivity contribution in [2.24, 2.45) is 0 Å². The third-order valence-electron chi connectivity index (χ3n) is 3.59. The summed E-state index contributed by atoms with van der Waals surface area (Å²) in [5.74, 6) is 0.160. The molecule has 0 heterocycles. The minimum absolute atomic E-state index is 0.124. The van der Waals surface area contributed by atoms with Crippen molar-refractivity contribution in [2.75, 3.05) is 20.3 Å². The zero-order valence-corrected chi connectivity index (χ0v) is 14.0. The summed E-state index contributed by atoms with van der Waals surface area (Å²) in [4.78, 5) is 12.0. The summed E-state index contributed by atoms with van der Waals surface area (Å²) in [5, 5.41) is 2.80. The fourth-order valence-electron chi connectivity index (χ4n) is 2.40. The number of hydrogen-bond donors (Lipinski definition) is 1. The van der Waals surface area contributed by atoms with E-state index in [0.717, 1.165) is 24.2 Å². The summed E-state index contributed by atoms with van der Waals surface area (Å²) in [6.45, 7) is 3.08. The number of carbonyl (C=O) groups excluding carboxylic acids is 1. The smallest absolute Gasteiger partial charge is 0.251 e. The van der Waals surface area contributed by atoms with Gasteiger partial charge < -0.3 is 14.8 Å². The zero-order chi connectivity index (χ0) is 17.4. The van der Waals surface area contributed by atoms with Crippen molar-refractivity contribution in [1.82, 2.24) is 5.32 Å². The average molecular weight is 331 g/mol. The van der Waals surface area contributed by atoms with Gasteiger partial charge in [-0.25, -0.2) is 4.39 Å². The van der Waals surface area contributed by atoms with E-state index >= 15 is 0 Å². The SMILES string of the molecule is CCOc1ccccc1CCCNC(=O)c1ccc(OC)c(F)c1. The van der Waals surface area contributed by atoms with Crippen LogP contribution in [0.3, 0.4) is 0 Å². The van der Waals surface area contributed by atoms with Crippen LogP contribution in [0.2, 0.25) is 0 Å². The fraction of sp³-hybridized carbons (Fsp3) is 0.316. The van der Waals surface area contributed by atoms with Crippen LogP contribution in [-0.2, 0) is 6.42 Å². The summed E-state index contributed by atoms with van der Waals surface area (Å²) < 4.78 is 24.0. The fourth-order valence-corrected chi connectivity index (χ4v) is 2.40.